The summed E-state index contributed by atoms with van der Waals surface area (Å²) in [5.41, 5.74) is 1.52. The molecule has 0 rings (SSSR count). The topological polar surface area (TPSA) is 21.3 Å². The van der Waals surface area contributed by atoms with Crippen molar-refractivity contribution in [1.82, 2.24) is 5.32 Å². The molecule has 1 unspecified atom stereocenters. The number of rotatable bonds is 6. The Bertz CT molecular complexity index is 106. The quantitative estimate of drug-likeness (QED) is 0.668. The molecule has 0 aliphatic heterocycles. The molecule has 0 aromatic carbocycles. The van der Waals surface area contributed by atoms with E-state index in [2.05, 4.69) is 12.2 Å². The first-order valence-electron chi connectivity index (χ1n) is 3.78. The molecule has 1 N–H and O–H groups in total. The molecule has 66 valence electrons. The Morgan fingerprint density at radius 1 is 1.64 bits per heavy atom. The minimum atomic E-state index is 0.489. The number of hydrogen-bond acceptors (Lipinski definition) is 2. The molecule has 0 fully saturated rings. The molecule has 11 heavy (non-hydrogen) atoms. The second kappa shape index (κ2) is 8.05. The van der Waals surface area contributed by atoms with Crippen molar-refractivity contribution >= 4 is 11.6 Å². The average molecular weight is 178 g/mol. The zero-order valence-corrected chi connectivity index (χ0v) is 7.90. The van der Waals surface area contributed by atoms with Crippen LogP contribution in [0.2, 0.25) is 0 Å². The van der Waals surface area contributed by atoms with Crippen LogP contribution in [0.15, 0.2) is 11.6 Å². The van der Waals surface area contributed by atoms with Crippen molar-refractivity contribution in [3.8, 4) is 0 Å². The number of nitrogens with one attached hydrogen (secondary N) is 1. The van der Waals surface area contributed by atoms with Gasteiger partial charge in [0.15, 0.2) is 0 Å². The van der Waals surface area contributed by atoms with Gasteiger partial charge in [-0.25, -0.2) is 0 Å². The average Bonchev–Trinajstić information content (AvgIpc) is 2.01. The summed E-state index contributed by atoms with van der Waals surface area (Å²) in [7, 11) is 1.71. The van der Waals surface area contributed by atoms with Crippen LogP contribution in [0.3, 0.4) is 0 Å². The Balaban J connectivity index is 3.15. The number of halogens is 1. The smallest absolute Gasteiger partial charge is 0.0476 e. The van der Waals surface area contributed by atoms with Crippen LogP contribution in [-0.2, 0) is 4.74 Å². The van der Waals surface area contributed by atoms with Crippen LogP contribution in [0.1, 0.15) is 13.3 Å². The van der Waals surface area contributed by atoms with Crippen molar-refractivity contribution in [2.75, 3.05) is 20.3 Å². The molecule has 0 radical (unpaired) electrons. The monoisotopic (exact) mass is 177 g/mol. The first kappa shape index (κ1) is 11.0. The van der Waals surface area contributed by atoms with Gasteiger partial charge in [-0.3, -0.25) is 0 Å². The zero-order chi connectivity index (χ0) is 8.53. The molecule has 0 amide bonds. The standard InChI is InChI=1S/C8H16ClNO/c1-8(4-7-11-2)10-6-3-5-9/h3,5,8,10H,4,6-7H2,1-2H3/b5-3+. The van der Waals surface area contributed by atoms with E-state index in [0.29, 0.717) is 6.04 Å². The van der Waals surface area contributed by atoms with Crippen LogP contribution >= 0.6 is 11.6 Å². The molecule has 0 aromatic rings. The molecule has 3 heteroatoms. The highest BCUT2D eigenvalue weighted by Gasteiger charge is 1.97. The molecule has 0 saturated carbocycles. The molecular formula is C8H16ClNO. The highest BCUT2D eigenvalue weighted by molar-refractivity contribution is 6.25. The van der Waals surface area contributed by atoms with E-state index < -0.39 is 0 Å². The van der Waals surface area contributed by atoms with E-state index in [-0.39, 0.29) is 0 Å². The zero-order valence-electron chi connectivity index (χ0n) is 7.14. The lowest BCUT2D eigenvalue weighted by atomic mass is 10.2. The Kier molecular flexibility index (Phi) is 8.01. The fraction of sp³-hybridized carbons (Fsp3) is 0.750. The van der Waals surface area contributed by atoms with Crippen molar-refractivity contribution in [2.45, 2.75) is 19.4 Å². The molecule has 0 aliphatic carbocycles. The lowest BCUT2D eigenvalue weighted by Crippen LogP contribution is -2.27. The third-order valence-corrected chi connectivity index (χ3v) is 1.61. The normalized spacial score (nSPS) is 14.1. The third-order valence-electron chi connectivity index (χ3n) is 1.43. The highest BCUT2D eigenvalue weighted by Crippen LogP contribution is 1.89. The summed E-state index contributed by atoms with van der Waals surface area (Å²) in [4.78, 5) is 0. The van der Waals surface area contributed by atoms with Crippen LogP contribution in [0.5, 0.6) is 0 Å². The predicted molar refractivity (Wildman–Crippen MR) is 49.0 cm³/mol. The summed E-state index contributed by atoms with van der Waals surface area (Å²) >= 11 is 5.34. The summed E-state index contributed by atoms with van der Waals surface area (Å²) < 4.78 is 4.93. The molecule has 0 heterocycles. The largest absolute Gasteiger partial charge is 0.385 e. The lowest BCUT2D eigenvalue weighted by molar-refractivity contribution is 0.185. The van der Waals surface area contributed by atoms with Gasteiger partial charge in [0.1, 0.15) is 0 Å². The van der Waals surface area contributed by atoms with Crippen molar-refractivity contribution in [3.63, 3.8) is 0 Å². The van der Waals surface area contributed by atoms with E-state index in [1.807, 2.05) is 6.08 Å². The fourth-order valence-electron chi connectivity index (χ4n) is 0.710. The molecular weight excluding hydrogens is 162 g/mol. The van der Waals surface area contributed by atoms with Crippen LogP contribution in [0.25, 0.3) is 0 Å². The summed E-state index contributed by atoms with van der Waals surface area (Å²) in [5, 5.41) is 3.27. The molecule has 2 nitrogen and oxygen atoms in total. The maximum absolute atomic E-state index is 5.34. The Hall–Kier alpha value is -0.0500. The van der Waals surface area contributed by atoms with Crippen LogP contribution in [0.4, 0.5) is 0 Å². The van der Waals surface area contributed by atoms with Crippen molar-refractivity contribution in [3.05, 3.63) is 11.6 Å². The van der Waals surface area contributed by atoms with Gasteiger partial charge in [-0.15, -0.1) is 0 Å². The molecule has 0 spiro atoms. The van der Waals surface area contributed by atoms with Gasteiger partial charge in [0.25, 0.3) is 0 Å². The van der Waals surface area contributed by atoms with Gasteiger partial charge in [0, 0.05) is 31.8 Å². The van der Waals surface area contributed by atoms with Gasteiger partial charge in [-0.2, -0.15) is 0 Å². The maximum atomic E-state index is 5.34. The van der Waals surface area contributed by atoms with Gasteiger partial charge < -0.3 is 10.1 Å². The van der Waals surface area contributed by atoms with E-state index in [9.17, 15) is 0 Å². The second-order valence-electron chi connectivity index (χ2n) is 2.45. The molecule has 0 bridgehead atoms. The first-order valence-corrected chi connectivity index (χ1v) is 4.22. The predicted octanol–water partition coefficient (Wildman–Crippen LogP) is 1.75. The van der Waals surface area contributed by atoms with Gasteiger partial charge in [-0.05, 0) is 13.3 Å². The van der Waals surface area contributed by atoms with Crippen molar-refractivity contribution < 1.29 is 4.74 Å². The van der Waals surface area contributed by atoms with E-state index in [4.69, 9.17) is 16.3 Å². The van der Waals surface area contributed by atoms with Gasteiger partial charge in [0.05, 0.1) is 0 Å². The molecule has 0 aliphatic rings. The number of methoxy groups -OCH3 is 1. The molecule has 0 saturated heterocycles. The van der Waals surface area contributed by atoms with Gasteiger partial charge in [0.2, 0.25) is 0 Å². The van der Waals surface area contributed by atoms with Gasteiger partial charge >= 0.3 is 0 Å². The fourth-order valence-corrected chi connectivity index (χ4v) is 0.800. The SMILES string of the molecule is COCCC(C)NC/C=C/Cl. The van der Waals surface area contributed by atoms with E-state index in [0.717, 1.165) is 19.6 Å². The second-order valence-corrected chi connectivity index (χ2v) is 2.70. The third kappa shape index (κ3) is 7.85. The van der Waals surface area contributed by atoms with Crippen LogP contribution in [0, 0.1) is 0 Å². The Morgan fingerprint density at radius 3 is 2.91 bits per heavy atom. The number of hydrogen-bond donors (Lipinski definition) is 1. The molecule has 0 aromatic heterocycles. The highest BCUT2D eigenvalue weighted by atomic mass is 35.5. The van der Waals surface area contributed by atoms with Gasteiger partial charge in [-0.1, -0.05) is 17.7 Å². The lowest BCUT2D eigenvalue weighted by Gasteiger charge is -2.10. The maximum Gasteiger partial charge on any atom is 0.0476 e. The first-order chi connectivity index (χ1) is 5.31. The van der Waals surface area contributed by atoms with Crippen molar-refractivity contribution in [1.29, 1.82) is 0 Å². The summed E-state index contributed by atoms with van der Waals surface area (Å²) in [5.74, 6) is 0. The minimum absolute atomic E-state index is 0.489. The van der Waals surface area contributed by atoms with Crippen LogP contribution in [-0.4, -0.2) is 26.3 Å². The summed E-state index contributed by atoms with van der Waals surface area (Å²) in [6, 6.07) is 0.489. The Morgan fingerprint density at radius 2 is 2.36 bits per heavy atom. The summed E-state index contributed by atoms with van der Waals surface area (Å²) in [6.07, 6.45) is 2.91. The number of ether oxygens (including phenoxy) is 1. The van der Waals surface area contributed by atoms with E-state index >= 15 is 0 Å². The van der Waals surface area contributed by atoms with Crippen molar-refractivity contribution in [2.24, 2.45) is 0 Å². The minimum Gasteiger partial charge on any atom is -0.385 e. The summed E-state index contributed by atoms with van der Waals surface area (Å²) in [6.45, 7) is 3.76. The molecule has 1 atom stereocenters. The van der Waals surface area contributed by atoms with Crippen LogP contribution < -0.4 is 5.32 Å². The van der Waals surface area contributed by atoms with E-state index in [1.165, 1.54) is 5.54 Å². The van der Waals surface area contributed by atoms with E-state index in [1.54, 1.807) is 7.11 Å². The Labute approximate surface area is 73.6 Å².